The second kappa shape index (κ2) is 7.92. The quantitative estimate of drug-likeness (QED) is 0.784. The molecule has 0 unspecified atom stereocenters. The lowest BCUT2D eigenvalue weighted by Gasteiger charge is -2.35. The van der Waals surface area contributed by atoms with Crippen LogP contribution < -0.4 is 14.4 Å². The Morgan fingerprint density at radius 2 is 1.68 bits per heavy atom. The highest BCUT2D eigenvalue weighted by atomic mass is 16.5. The van der Waals surface area contributed by atoms with Crippen LogP contribution in [0.25, 0.3) is 0 Å². The number of benzene rings is 2. The predicted octanol–water partition coefficient (Wildman–Crippen LogP) is 3.25. The van der Waals surface area contributed by atoms with Gasteiger partial charge in [-0.1, -0.05) is 24.3 Å². The zero-order valence-corrected chi connectivity index (χ0v) is 15.1. The van der Waals surface area contributed by atoms with Crippen molar-refractivity contribution >= 4 is 11.4 Å². The fraction of sp³-hybridized carbons (Fsp3) is 0.350. The van der Waals surface area contributed by atoms with E-state index in [0.717, 1.165) is 54.6 Å². The summed E-state index contributed by atoms with van der Waals surface area (Å²) in [6.45, 7) is 5.67. The molecule has 0 N–H and O–H groups in total. The zero-order chi connectivity index (χ0) is 17.6. The maximum absolute atomic E-state index is 5.47. The Labute approximate surface area is 149 Å². The molecule has 5 nitrogen and oxygen atoms in total. The number of ether oxygens (including phenoxy) is 2. The third kappa shape index (κ3) is 4.05. The van der Waals surface area contributed by atoms with E-state index in [-0.39, 0.29) is 0 Å². The summed E-state index contributed by atoms with van der Waals surface area (Å²) < 4.78 is 10.8. The lowest BCUT2D eigenvalue weighted by molar-refractivity contribution is 0.269. The Bertz CT molecular complexity index is 737. The Morgan fingerprint density at radius 1 is 0.920 bits per heavy atom. The number of hydrogen-bond acceptors (Lipinski definition) is 5. The van der Waals surface area contributed by atoms with Gasteiger partial charge < -0.3 is 14.4 Å². The normalized spacial score (nSPS) is 15.2. The van der Waals surface area contributed by atoms with Crippen LogP contribution in [0.3, 0.4) is 0 Å². The van der Waals surface area contributed by atoms with Gasteiger partial charge in [-0.3, -0.25) is 5.01 Å². The van der Waals surface area contributed by atoms with Crippen molar-refractivity contribution in [2.45, 2.75) is 6.92 Å². The molecule has 25 heavy (non-hydrogen) atoms. The molecule has 0 saturated carbocycles. The van der Waals surface area contributed by atoms with E-state index in [2.05, 4.69) is 28.1 Å². The van der Waals surface area contributed by atoms with Crippen LogP contribution in [-0.2, 0) is 0 Å². The van der Waals surface area contributed by atoms with Crippen LogP contribution in [0.5, 0.6) is 11.5 Å². The van der Waals surface area contributed by atoms with Crippen LogP contribution in [0, 0.1) is 0 Å². The third-order valence-corrected chi connectivity index (χ3v) is 4.46. The molecule has 5 heteroatoms. The van der Waals surface area contributed by atoms with Crippen molar-refractivity contribution in [3.05, 3.63) is 54.1 Å². The van der Waals surface area contributed by atoms with Crippen molar-refractivity contribution in [1.82, 2.24) is 5.01 Å². The summed E-state index contributed by atoms with van der Waals surface area (Å²) in [5.74, 6) is 1.78. The first-order valence-electron chi connectivity index (χ1n) is 8.54. The number of hydrazone groups is 1. The first-order chi connectivity index (χ1) is 12.2. The molecule has 132 valence electrons. The van der Waals surface area contributed by atoms with Crippen LogP contribution in [-0.4, -0.2) is 51.1 Å². The average Bonchev–Trinajstić information content (AvgIpc) is 2.68. The summed E-state index contributed by atoms with van der Waals surface area (Å²) in [7, 11) is 3.40. The summed E-state index contributed by atoms with van der Waals surface area (Å²) >= 11 is 0. The SMILES string of the molecule is COc1cccc(/C(C)=N\N2CCN(c3ccccc3OC)CC2)c1. The summed E-state index contributed by atoms with van der Waals surface area (Å²) in [5, 5.41) is 6.93. The molecular formula is C20H25N3O2. The van der Waals surface area contributed by atoms with Gasteiger partial charge in [0.15, 0.2) is 0 Å². The van der Waals surface area contributed by atoms with Crippen molar-refractivity contribution in [3.63, 3.8) is 0 Å². The Balaban J connectivity index is 1.65. The minimum absolute atomic E-state index is 0.855. The van der Waals surface area contributed by atoms with Gasteiger partial charge in [0.1, 0.15) is 11.5 Å². The number of para-hydroxylation sites is 2. The summed E-state index contributed by atoms with van der Waals surface area (Å²) in [6, 6.07) is 16.2. The Kier molecular flexibility index (Phi) is 5.43. The molecule has 0 aromatic heterocycles. The molecule has 0 radical (unpaired) electrons. The van der Waals surface area contributed by atoms with Crippen molar-refractivity contribution in [1.29, 1.82) is 0 Å². The molecule has 1 aliphatic heterocycles. The molecular weight excluding hydrogens is 314 g/mol. The molecule has 1 heterocycles. The second-order valence-corrected chi connectivity index (χ2v) is 6.03. The molecule has 0 amide bonds. The van der Waals surface area contributed by atoms with E-state index in [0.29, 0.717) is 0 Å². The van der Waals surface area contributed by atoms with E-state index in [1.165, 1.54) is 0 Å². The van der Waals surface area contributed by atoms with Gasteiger partial charge in [0.25, 0.3) is 0 Å². The molecule has 2 aromatic rings. The minimum Gasteiger partial charge on any atom is -0.497 e. The topological polar surface area (TPSA) is 37.3 Å². The van der Waals surface area contributed by atoms with Crippen LogP contribution in [0.15, 0.2) is 53.6 Å². The lowest BCUT2D eigenvalue weighted by Crippen LogP contribution is -2.44. The van der Waals surface area contributed by atoms with Gasteiger partial charge >= 0.3 is 0 Å². The standard InChI is InChI=1S/C20H25N3O2/c1-16(17-7-6-8-18(15-17)24-2)21-23-13-11-22(12-14-23)19-9-4-5-10-20(19)25-3/h4-10,15H,11-14H2,1-3H3/b21-16-. The van der Waals surface area contributed by atoms with Crippen LogP contribution >= 0.6 is 0 Å². The number of hydrogen-bond donors (Lipinski definition) is 0. The lowest BCUT2D eigenvalue weighted by atomic mass is 10.1. The maximum Gasteiger partial charge on any atom is 0.142 e. The van der Waals surface area contributed by atoms with Crippen molar-refractivity contribution in [2.24, 2.45) is 5.10 Å². The average molecular weight is 339 g/mol. The van der Waals surface area contributed by atoms with Gasteiger partial charge in [-0.2, -0.15) is 5.10 Å². The van der Waals surface area contributed by atoms with Gasteiger partial charge in [0.05, 0.1) is 38.7 Å². The van der Waals surface area contributed by atoms with Gasteiger partial charge in [-0.25, -0.2) is 0 Å². The predicted molar refractivity (Wildman–Crippen MR) is 102 cm³/mol. The molecule has 2 aromatic carbocycles. The summed E-state index contributed by atoms with van der Waals surface area (Å²) in [5.41, 5.74) is 3.24. The maximum atomic E-state index is 5.47. The van der Waals surface area contributed by atoms with Gasteiger partial charge in [0.2, 0.25) is 0 Å². The fourth-order valence-corrected chi connectivity index (χ4v) is 3.05. The molecule has 3 rings (SSSR count). The minimum atomic E-state index is 0.855. The van der Waals surface area contributed by atoms with Crippen molar-refractivity contribution in [3.8, 4) is 11.5 Å². The molecule has 0 bridgehead atoms. The molecule has 0 spiro atoms. The summed E-state index contributed by atoms with van der Waals surface area (Å²) in [6.07, 6.45) is 0. The molecule has 1 fully saturated rings. The smallest absolute Gasteiger partial charge is 0.142 e. The van der Waals surface area contributed by atoms with E-state index >= 15 is 0 Å². The number of nitrogens with zero attached hydrogens (tertiary/aromatic N) is 3. The highest BCUT2D eigenvalue weighted by Gasteiger charge is 2.18. The second-order valence-electron chi connectivity index (χ2n) is 6.03. The Hall–Kier alpha value is -2.69. The monoisotopic (exact) mass is 339 g/mol. The first-order valence-corrected chi connectivity index (χ1v) is 8.54. The van der Waals surface area contributed by atoms with Crippen molar-refractivity contribution in [2.75, 3.05) is 45.3 Å². The zero-order valence-electron chi connectivity index (χ0n) is 15.1. The summed E-state index contributed by atoms with van der Waals surface area (Å²) in [4.78, 5) is 2.35. The van der Waals surface area contributed by atoms with E-state index < -0.39 is 0 Å². The highest BCUT2D eigenvalue weighted by molar-refractivity contribution is 5.98. The highest BCUT2D eigenvalue weighted by Crippen LogP contribution is 2.28. The number of anilines is 1. The first kappa shape index (κ1) is 17.1. The van der Waals surface area contributed by atoms with E-state index in [1.54, 1.807) is 14.2 Å². The fourth-order valence-electron chi connectivity index (χ4n) is 3.05. The molecule has 1 saturated heterocycles. The molecule has 1 aliphatic rings. The van der Waals surface area contributed by atoms with Crippen LogP contribution in [0.4, 0.5) is 5.69 Å². The van der Waals surface area contributed by atoms with Crippen LogP contribution in [0.2, 0.25) is 0 Å². The number of rotatable bonds is 5. The van der Waals surface area contributed by atoms with E-state index in [9.17, 15) is 0 Å². The number of piperazine rings is 1. The van der Waals surface area contributed by atoms with Gasteiger partial charge in [-0.15, -0.1) is 0 Å². The van der Waals surface area contributed by atoms with E-state index in [1.807, 2.05) is 37.3 Å². The molecule has 0 atom stereocenters. The molecule has 0 aliphatic carbocycles. The van der Waals surface area contributed by atoms with Gasteiger partial charge in [-0.05, 0) is 31.2 Å². The third-order valence-electron chi connectivity index (χ3n) is 4.46. The Morgan fingerprint density at radius 3 is 2.40 bits per heavy atom. The number of methoxy groups -OCH3 is 2. The van der Waals surface area contributed by atoms with Gasteiger partial charge in [0, 0.05) is 18.7 Å². The largest absolute Gasteiger partial charge is 0.497 e. The van der Waals surface area contributed by atoms with Crippen LogP contribution in [0.1, 0.15) is 12.5 Å². The van der Waals surface area contributed by atoms with E-state index in [4.69, 9.17) is 14.6 Å². The van der Waals surface area contributed by atoms with Crippen molar-refractivity contribution < 1.29 is 9.47 Å².